The molecule has 1 N–H and O–H groups in total. The lowest BCUT2D eigenvalue weighted by atomic mass is 10.3. The van der Waals surface area contributed by atoms with E-state index in [1.807, 2.05) is 0 Å². The predicted molar refractivity (Wildman–Crippen MR) is 50.1 cm³/mol. The zero-order chi connectivity index (χ0) is 9.97. The first-order chi connectivity index (χ1) is 6.75. The molecule has 2 heterocycles. The Kier molecular flexibility index (Phi) is 2.69. The summed E-state index contributed by atoms with van der Waals surface area (Å²) in [6.45, 7) is 6.35. The summed E-state index contributed by atoms with van der Waals surface area (Å²) in [6.07, 6.45) is 0. The van der Waals surface area contributed by atoms with Gasteiger partial charge in [-0.15, -0.1) is 0 Å². The van der Waals surface area contributed by atoms with Gasteiger partial charge in [-0.2, -0.15) is 0 Å². The second-order valence-electron chi connectivity index (χ2n) is 3.46. The molecule has 5 nitrogen and oxygen atoms in total. The van der Waals surface area contributed by atoms with E-state index in [0.29, 0.717) is 18.1 Å². The van der Waals surface area contributed by atoms with E-state index in [4.69, 9.17) is 8.83 Å². The molecule has 0 atom stereocenters. The molecule has 5 heteroatoms. The molecule has 1 aliphatic heterocycles. The summed E-state index contributed by atoms with van der Waals surface area (Å²) in [6, 6.07) is 0. The number of piperazine rings is 1. The molecular weight excluding hydrogens is 184 g/mol. The van der Waals surface area contributed by atoms with Gasteiger partial charge in [0.05, 0.1) is 6.54 Å². The van der Waals surface area contributed by atoms with E-state index in [9.17, 15) is 4.79 Å². The maximum Gasteiger partial charge on any atom is 0.519 e. The Hall–Kier alpha value is -1.07. The summed E-state index contributed by atoms with van der Waals surface area (Å²) in [7, 11) is 0. The topological polar surface area (TPSA) is 58.6 Å². The third-order valence-corrected chi connectivity index (χ3v) is 2.41. The minimum Gasteiger partial charge on any atom is -0.396 e. The van der Waals surface area contributed by atoms with E-state index in [-0.39, 0.29) is 0 Å². The van der Waals surface area contributed by atoms with Crippen molar-refractivity contribution in [3.05, 3.63) is 22.1 Å². The van der Waals surface area contributed by atoms with Crippen LogP contribution >= 0.6 is 0 Å². The number of hydrogen-bond acceptors (Lipinski definition) is 5. The van der Waals surface area contributed by atoms with Crippen molar-refractivity contribution in [3.63, 3.8) is 0 Å². The highest BCUT2D eigenvalue weighted by Gasteiger charge is 2.15. The average Bonchev–Trinajstić information content (AvgIpc) is 2.47. The summed E-state index contributed by atoms with van der Waals surface area (Å²) in [4.78, 5) is 13.0. The third-order valence-electron chi connectivity index (χ3n) is 2.41. The second-order valence-corrected chi connectivity index (χ2v) is 3.46. The van der Waals surface area contributed by atoms with Crippen LogP contribution in [-0.2, 0) is 6.54 Å². The van der Waals surface area contributed by atoms with Crippen molar-refractivity contribution in [1.29, 1.82) is 0 Å². The fraction of sp³-hybridized carbons (Fsp3) is 0.667. The van der Waals surface area contributed by atoms with Crippen LogP contribution in [0.2, 0.25) is 0 Å². The van der Waals surface area contributed by atoms with Gasteiger partial charge in [0.25, 0.3) is 0 Å². The SMILES string of the molecule is Cc1oc(=O)oc1CN1CCNCC1. The molecule has 1 saturated heterocycles. The maximum absolute atomic E-state index is 10.8. The molecule has 0 bridgehead atoms. The molecule has 0 unspecified atom stereocenters. The molecular formula is C9H14N2O3. The van der Waals surface area contributed by atoms with Crippen LogP contribution in [0.5, 0.6) is 0 Å². The van der Waals surface area contributed by atoms with Gasteiger partial charge in [0.1, 0.15) is 5.76 Å². The van der Waals surface area contributed by atoms with Crippen LogP contribution in [0.25, 0.3) is 0 Å². The van der Waals surface area contributed by atoms with Gasteiger partial charge in [0.2, 0.25) is 0 Å². The largest absolute Gasteiger partial charge is 0.519 e. The molecule has 0 aromatic carbocycles. The summed E-state index contributed by atoms with van der Waals surface area (Å²) in [5.74, 6) is 0.637. The van der Waals surface area contributed by atoms with E-state index in [0.717, 1.165) is 26.2 Å². The Balaban J connectivity index is 2.02. The Morgan fingerprint density at radius 2 is 2.07 bits per heavy atom. The van der Waals surface area contributed by atoms with Crippen LogP contribution in [-0.4, -0.2) is 31.1 Å². The lowest BCUT2D eigenvalue weighted by Crippen LogP contribution is -2.42. The van der Waals surface area contributed by atoms with E-state index < -0.39 is 5.82 Å². The molecule has 2 rings (SSSR count). The predicted octanol–water partition coefficient (Wildman–Crippen LogP) is -0.0536. The van der Waals surface area contributed by atoms with Crippen LogP contribution in [0, 0.1) is 6.92 Å². The maximum atomic E-state index is 10.8. The van der Waals surface area contributed by atoms with Crippen LogP contribution in [0.4, 0.5) is 0 Å². The zero-order valence-corrected chi connectivity index (χ0v) is 8.21. The third kappa shape index (κ3) is 2.05. The van der Waals surface area contributed by atoms with E-state index in [1.165, 1.54) is 0 Å². The zero-order valence-electron chi connectivity index (χ0n) is 8.21. The lowest BCUT2D eigenvalue weighted by molar-refractivity contribution is 0.213. The highest BCUT2D eigenvalue weighted by Crippen LogP contribution is 2.08. The van der Waals surface area contributed by atoms with Crippen molar-refractivity contribution < 1.29 is 8.83 Å². The Bertz CT molecular complexity index is 349. The van der Waals surface area contributed by atoms with Gasteiger partial charge in [-0.1, -0.05) is 0 Å². The highest BCUT2D eigenvalue weighted by molar-refractivity contribution is 5.00. The first kappa shape index (κ1) is 9.48. The Morgan fingerprint density at radius 3 is 2.64 bits per heavy atom. The fourth-order valence-corrected chi connectivity index (χ4v) is 1.59. The van der Waals surface area contributed by atoms with Crippen LogP contribution < -0.4 is 11.1 Å². The molecule has 1 aliphatic rings. The van der Waals surface area contributed by atoms with Crippen LogP contribution in [0.3, 0.4) is 0 Å². The molecule has 0 amide bonds. The second kappa shape index (κ2) is 3.98. The van der Waals surface area contributed by atoms with Gasteiger partial charge in [0.15, 0.2) is 5.76 Å². The highest BCUT2D eigenvalue weighted by atomic mass is 16.6. The minimum atomic E-state index is -0.604. The van der Waals surface area contributed by atoms with Crippen molar-refractivity contribution in [3.8, 4) is 0 Å². The van der Waals surface area contributed by atoms with Gasteiger partial charge in [-0.25, -0.2) is 4.79 Å². The standard InChI is InChI=1S/C9H14N2O3/c1-7-8(14-9(12)13-7)6-11-4-2-10-3-5-11/h10H,2-6H2,1H3. The summed E-state index contributed by atoms with van der Waals surface area (Å²) >= 11 is 0. The molecule has 0 radical (unpaired) electrons. The monoisotopic (exact) mass is 198 g/mol. The van der Waals surface area contributed by atoms with E-state index in [1.54, 1.807) is 6.92 Å². The van der Waals surface area contributed by atoms with Gasteiger partial charge < -0.3 is 14.2 Å². The normalized spacial score (nSPS) is 18.6. The van der Waals surface area contributed by atoms with Crippen LogP contribution in [0.15, 0.2) is 13.6 Å². The van der Waals surface area contributed by atoms with Gasteiger partial charge in [0, 0.05) is 26.2 Å². The molecule has 1 aromatic rings. The van der Waals surface area contributed by atoms with Gasteiger partial charge in [-0.3, -0.25) is 4.90 Å². The summed E-state index contributed by atoms with van der Waals surface area (Å²) in [5, 5.41) is 3.26. The summed E-state index contributed by atoms with van der Waals surface area (Å²) in [5.41, 5.74) is 0. The minimum absolute atomic E-state index is 0.591. The van der Waals surface area contributed by atoms with Gasteiger partial charge in [-0.05, 0) is 6.92 Å². The summed E-state index contributed by atoms with van der Waals surface area (Å²) < 4.78 is 9.72. The number of nitrogens with zero attached hydrogens (tertiary/aromatic N) is 1. The number of rotatable bonds is 2. The van der Waals surface area contributed by atoms with Crippen molar-refractivity contribution in [2.75, 3.05) is 26.2 Å². The smallest absolute Gasteiger partial charge is 0.396 e. The Morgan fingerprint density at radius 1 is 1.36 bits per heavy atom. The number of hydrogen-bond donors (Lipinski definition) is 1. The molecule has 0 aliphatic carbocycles. The molecule has 14 heavy (non-hydrogen) atoms. The van der Waals surface area contributed by atoms with Crippen molar-refractivity contribution in [2.24, 2.45) is 0 Å². The van der Waals surface area contributed by atoms with Gasteiger partial charge >= 0.3 is 5.82 Å². The number of nitrogens with one attached hydrogen (secondary N) is 1. The molecule has 1 fully saturated rings. The van der Waals surface area contributed by atoms with E-state index in [2.05, 4.69) is 10.2 Å². The van der Waals surface area contributed by atoms with Crippen molar-refractivity contribution in [2.45, 2.75) is 13.5 Å². The fourth-order valence-electron chi connectivity index (χ4n) is 1.59. The van der Waals surface area contributed by atoms with Crippen LogP contribution in [0.1, 0.15) is 11.5 Å². The molecule has 78 valence electrons. The first-order valence-electron chi connectivity index (χ1n) is 4.78. The molecule has 0 saturated carbocycles. The average molecular weight is 198 g/mol. The van der Waals surface area contributed by atoms with Crippen molar-refractivity contribution in [1.82, 2.24) is 10.2 Å². The quantitative estimate of drug-likeness (QED) is 0.721. The molecule has 0 spiro atoms. The first-order valence-corrected chi connectivity index (χ1v) is 4.78. The van der Waals surface area contributed by atoms with Crippen molar-refractivity contribution >= 4 is 0 Å². The lowest BCUT2D eigenvalue weighted by Gasteiger charge is -2.25. The Labute approximate surface area is 81.7 Å². The van der Waals surface area contributed by atoms with E-state index >= 15 is 0 Å². The molecule has 1 aromatic heterocycles. The number of aryl methyl sites for hydroxylation is 1.